The van der Waals surface area contributed by atoms with E-state index in [9.17, 15) is 8.78 Å². The van der Waals surface area contributed by atoms with Crippen LogP contribution >= 0.6 is 0 Å². The van der Waals surface area contributed by atoms with Crippen LogP contribution in [-0.2, 0) is 0 Å². The van der Waals surface area contributed by atoms with Gasteiger partial charge in [0, 0.05) is 5.39 Å². The van der Waals surface area contributed by atoms with Crippen molar-refractivity contribution in [2.45, 2.75) is 70.6 Å². The summed E-state index contributed by atoms with van der Waals surface area (Å²) in [7, 11) is 0. The van der Waals surface area contributed by atoms with E-state index in [-0.39, 0.29) is 11.6 Å². The standard InChI is InChI=1S/C24H30F2/c1-2-3-4-16-5-6-18-12-19(8-7-17(18)11-16)21-13-20-9-10-22(25)15-23(20)24(26)14-21/h9-10,13-19H,2-8,11-12H2,1H3/t16-,17?,18-,19?/m1/s1. The van der Waals surface area contributed by atoms with E-state index in [0.717, 1.165) is 28.7 Å². The third kappa shape index (κ3) is 3.66. The van der Waals surface area contributed by atoms with Gasteiger partial charge in [-0.3, -0.25) is 0 Å². The molecular formula is C24H30F2. The molecule has 0 saturated heterocycles. The zero-order chi connectivity index (χ0) is 18.1. The second-order valence-corrected chi connectivity index (χ2v) is 8.72. The van der Waals surface area contributed by atoms with Crippen molar-refractivity contribution < 1.29 is 8.78 Å². The summed E-state index contributed by atoms with van der Waals surface area (Å²) in [5.41, 5.74) is 1.12. The predicted molar refractivity (Wildman–Crippen MR) is 104 cm³/mol. The van der Waals surface area contributed by atoms with Gasteiger partial charge in [0.2, 0.25) is 0 Å². The molecule has 0 aliphatic heterocycles. The zero-order valence-electron chi connectivity index (χ0n) is 15.8. The van der Waals surface area contributed by atoms with Crippen LogP contribution < -0.4 is 0 Å². The van der Waals surface area contributed by atoms with Crippen LogP contribution in [0.4, 0.5) is 8.78 Å². The molecule has 0 amide bonds. The first kappa shape index (κ1) is 17.9. The Morgan fingerprint density at radius 1 is 0.923 bits per heavy atom. The summed E-state index contributed by atoms with van der Waals surface area (Å²) in [6, 6.07) is 8.21. The zero-order valence-corrected chi connectivity index (χ0v) is 15.8. The molecule has 2 unspecified atom stereocenters. The lowest BCUT2D eigenvalue weighted by Crippen LogP contribution is -2.30. The SMILES string of the molecule is CCCC[C@@H]1CC[C@@H]2CC(c3cc(F)c4cc(F)ccc4c3)CCC2C1. The Hall–Kier alpha value is -1.44. The molecule has 0 aromatic heterocycles. The molecule has 140 valence electrons. The number of unbranched alkanes of at least 4 members (excludes halogenated alkanes) is 1. The summed E-state index contributed by atoms with van der Waals surface area (Å²) in [6.07, 6.45) is 11.9. The largest absolute Gasteiger partial charge is 0.207 e. The minimum absolute atomic E-state index is 0.276. The lowest BCUT2D eigenvalue weighted by atomic mass is 9.63. The maximum absolute atomic E-state index is 14.5. The molecule has 4 atom stereocenters. The van der Waals surface area contributed by atoms with Gasteiger partial charge in [-0.05, 0) is 84.9 Å². The highest BCUT2D eigenvalue weighted by molar-refractivity contribution is 5.84. The van der Waals surface area contributed by atoms with Gasteiger partial charge in [0.05, 0.1) is 0 Å². The van der Waals surface area contributed by atoms with Crippen molar-refractivity contribution in [3.05, 3.63) is 47.5 Å². The van der Waals surface area contributed by atoms with E-state index in [2.05, 4.69) is 13.0 Å². The van der Waals surface area contributed by atoms with E-state index in [1.54, 1.807) is 12.1 Å². The van der Waals surface area contributed by atoms with E-state index in [4.69, 9.17) is 0 Å². The maximum Gasteiger partial charge on any atom is 0.131 e. The van der Waals surface area contributed by atoms with Crippen LogP contribution in [0.1, 0.15) is 76.2 Å². The molecule has 2 aromatic rings. The second-order valence-electron chi connectivity index (χ2n) is 8.72. The Bertz CT molecular complexity index is 766. The Labute approximate surface area is 156 Å². The van der Waals surface area contributed by atoms with Gasteiger partial charge in [-0.15, -0.1) is 0 Å². The highest BCUT2D eigenvalue weighted by atomic mass is 19.1. The van der Waals surface area contributed by atoms with E-state index in [1.165, 1.54) is 69.9 Å². The molecule has 0 radical (unpaired) electrons. The van der Waals surface area contributed by atoms with Gasteiger partial charge in [0.25, 0.3) is 0 Å². The molecule has 0 bridgehead atoms. The average molecular weight is 357 g/mol. The Morgan fingerprint density at radius 3 is 2.58 bits per heavy atom. The summed E-state index contributed by atoms with van der Waals surface area (Å²) in [4.78, 5) is 0. The van der Waals surface area contributed by atoms with Crippen molar-refractivity contribution in [3.63, 3.8) is 0 Å². The van der Waals surface area contributed by atoms with Crippen molar-refractivity contribution in [3.8, 4) is 0 Å². The average Bonchev–Trinajstić information content (AvgIpc) is 2.66. The first-order chi connectivity index (χ1) is 12.6. The van der Waals surface area contributed by atoms with E-state index in [1.807, 2.05) is 0 Å². The van der Waals surface area contributed by atoms with Crippen LogP contribution in [0.5, 0.6) is 0 Å². The number of benzene rings is 2. The molecule has 2 aromatic carbocycles. The van der Waals surface area contributed by atoms with Gasteiger partial charge >= 0.3 is 0 Å². The lowest BCUT2D eigenvalue weighted by Gasteiger charge is -2.42. The minimum Gasteiger partial charge on any atom is -0.207 e. The molecule has 0 heterocycles. The lowest BCUT2D eigenvalue weighted by molar-refractivity contribution is 0.113. The summed E-state index contributed by atoms with van der Waals surface area (Å²) >= 11 is 0. The van der Waals surface area contributed by atoms with Crippen molar-refractivity contribution in [2.24, 2.45) is 17.8 Å². The Kier molecular flexibility index (Phi) is 5.29. The van der Waals surface area contributed by atoms with E-state index in [0.29, 0.717) is 11.3 Å². The fourth-order valence-corrected chi connectivity index (χ4v) is 5.59. The number of hydrogen-bond donors (Lipinski definition) is 0. The third-order valence-corrected chi connectivity index (χ3v) is 7.05. The molecule has 2 aliphatic rings. The molecule has 4 rings (SSSR count). The highest BCUT2D eigenvalue weighted by Gasteiger charge is 2.35. The smallest absolute Gasteiger partial charge is 0.131 e. The topological polar surface area (TPSA) is 0 Å². The minimum atomic E-state index is -0.371. The van der Waals surface area contributed by atoms with Crippen molar-refractivity contribution in [1.29, 1.82) is 0 Å². The van der Waals surface area contributed by atoms with Gasteiger partial charge in [0.1, 0.15) is 11.6 Å². The molecule has 0 N–H and O–H groups in total. The highest BCUT2D eigenvalue weighted by Crippen LogP contribution is 2.48. The van der Waals surface area contributed by atoms with Crippen molar-refractivity contribution in [1.82, 2.24) is 0 Å². The fourth-order valence-electron chi connectivity index (χ4n) is 5.59. The number of halogens is 2. The van der Waals surface area contributed by atoms with Gasteiger partial charge in [-0.2, -0.15) is 0 Å². The molecule has 2 fully saturated rings. The first-order valence-corrected chi connectivity index (χ1v) is 10.5. The second kappa shape index (κ2) is 7.66. The van der Waals surface area contributed by atoms with Crippen LogP contribution in [0, 0.1) is 29.4 Å². The molecule has 0 nitrogen and oxygen atoms in total. The summed E-state index contributed by atoms with van der Waals surface area (Å²) in [6.45, 7) is 2.29. The maximum atomic E-state index is 14.5. The van der Waals surface area contributed by atoms with Crippen LogP contribution in [0.3, 0.4) is 0 Å². The summed E-state index contributed by atoms with van der Waals surface area (Å²) in [5, 5.41) is 1.23. The van der Waals surface area contributed by atoms with Crippen LogP contribution in [0.15, 0.2) is 30.3 Å². The fraction of sp³-hybridized carbons (Fsp3) is 0.583. The van der Waals surface area contributed by atoms with Gasteiger partial charge < -0.3 is 0 Å². The van der Waals surface area contributed by atoms with Crippen molar-refractivity contribution >= 4 is 10.8 Å². The molecule has 26 heavy (non-hydrogen) atoms. The molecule has 2 heteroatoms. The van der Waals surface area contributed by atoms with E-state index >= 15 is 0 Å². The number of fused-ring (bicyclic) bond motifs is 2. The van der Waals surface area contributed by atoms with Gasteiger partial charge in [-0.25, -0.2) is 8.78 Å². The first-order valence-electron chi connectivity index (χ1n) is 10.5. The summed E-state index contributed by atoms with van der Waals surface area (Å²) < 4.78 is 27.9. The molecule has 0 spiro atoms. The van der Waals surface area contributed by atoms with Gasteiger partial charge in [0.15, 0.2) is 0 Å². The monoisotopic (exact) mass is 356 g/mol. The van der Waals surface area contributed by atoms with Gasteiger partial charge in [-0.1, -0.05) is 44.7 Å². The number of hydrogen-bond acceptors (Lipinski definition) is 0. The molecule has 2 aliphatic carbocycles. The third-order valence-electron chi connectivity index (χ3n) is 7.05. The van der Waals surface area contributed by atoms with Crippen LogP contribution in [-0.4, -0.2) is 0 Å². The van der Waals surface area contributed by atoms with Crippen LogP contribution in [0.25, 0.3) is 10.8 Å². The predicted octanol–water partition coefficient (Wildman–Crippen LogP) is 7.61. The van der Waals surface area contributed by atoms with Crippen molar-refractivity contribution in [2.75, 3.05) is 0 Å². The number of rotatable bonds is 4. The summed E-state index contributed by atoms with van der Waals surface area (Å²) in [5.74, 6) is 2.47. The molecular weight excluding hydrogens is 326 g/mol. The Balaban J connectivity index is 1.48. The normalized spacial score (nSPS) is 28.9. The quantitative estimate of drug-likeness (QED) is 0.529. The Morgan fingerprint density at radius 2 is 1.73 bits per heavy atom. The molecule has 2 saturated carbocycles. The van der Waals surface area contributed by atoms with Crippen LogP contribution in [0.2, 0.25) is 0 Å². The van der Waals surface area contributed by atoms with E-state index < -0.39 is 0 Å².